The standard InChI is InChI=1S/C19H18F2N4O3/c1-11-8-12(2)25(24-11)16(17-4-3-7-28-17)10-22-18(26)19(27)23-13-5-6-14(20)15(21)9-13/h3-9,16H,10H2,1-2H3,(H,22,26)(H,23,27)/t16-/m1/s1. The van der Waals surface area contributed by atoms with Gasteiger partial charge in [-0.05, 0) is 44.2 Å². The number of rotatable bonds is 5. The summed E-state index contributed by atoms with van der Waals surface area (Å²) >= 11 is 0. The number of anilines is 1. The van der Waals surface area contributed by atoms with Crippen molar-refractivity contribution in [2.75, 3.05) is 11.9 Å². The zero-order chi connectivity index (χ0) is 20.3. The van der Waals surface area contributed by atoms with Crippen molar-refractivity contribution in [2.24, 2.45) is 0 Å². The summed E-state index contributed by atoms with van der Waals surface area (Å²) in [4.78, 5) is 24.2. The number of amides is 2. The fraction of sp³-hybridized carbons (Fsp3) is 0.211. The average molecular weight is 388 g/mol. The Kier molecular flexibility index (Phi) is 5.53. The van der Waals surface area contributed by atoms with Gasteiger partial charge in [-0.25, -0.2) is 8.78 Å². The molecule has 0 aliphatic rings. The molecule has 0 radical (unpaired) electrons. The largest absolute Gasteiger partial charge is 0.467 e. The third-order valence-corrected chi connectivity index (χ3v) is 4.05. The Bertz CT molecular complexity index is 999. The molecule has 3 rings (SSSR count). The SMILES string of the molecule is Cc1cc(C)n([C@H](CNC(=O)C(=O)Nc2ccc(F)c(F)c2)c2ccco2)n1. The van der Waals surface area contributed by atoms with Crippen molar-refractivity contribution in [1.29, 1.82) is 0 Å². The van der Waals surface area contributed by atoms with Crippen molar-refractivity contribution >= 4 is 17.5 Å². The summed E-state index contributed by atoms with van der Waals surface area (Å²) in [6, 6.07) is 7.70. The summed E-state index contributed by atoms with van der Waals surface area (Å²) in [5.74, 6) is -3.54. The summed E-state index contributed by atoms with van der Waals surface area (Å²) in [6.45, 7) is 3.75. The molecule has 2 heterocycles. The van der Waals surface area contributed by atoms with Gasteiger partial charge in [0.2, 0.25) is 0 Å². The number of nitrogens with one attached hydrogen (secondary N) is 2. The lowest BCUT2D eigenvalue weighted by Crippen LogP contribution is -2.39. The van der Waals surface area contributed by atoms with E-state index in [9.17, 15) is 18.4 Å². The second kappa shape index (κ2) is 8.03. The minimum atomic E-state index is -1.12. The number of aryl methyl sites for hydroxylation is 2. The van der Waals surface area contributed by atoms with Crippen LogP contribution in [0.15, 0.2) is 47.1 Å². The predicted molar refractivity (Wildman–Crippen MR) is 96.5 cm³/mol. The second-order valence-corrected chi connectivity index (χ2v) is 6.20. The molecule has 0 unspecified atom stereocenters. The Morgan fingerprint density at radius 1 is 1.14 bits per heavy atom. The van der Waals surface area contributed by atoms with E-state index >= 15 is 0 Å². The molecule has 0 aliphatic carbocycles. The van der Waals surface area contributed by atoms with Crippen LogP contribution in [-0.4, -0.2) is 28.1 Å². The van der Waals surface area contributed by atoms with E-state index in [1.165, 1.54) is 6.26 Å². The van der Waals surface area contributed by atoms with Crippen LogP contribution in [0.3, 0.4) is 0 Å². The van der Waals surface area contributed by atoms with Crippen molar-refractivity contribution in [3.63, 3.8) is 0 Å². The number of halogens is 2. The first-order valence-electron chi connectivity index (χ1n) is 8.45. The van der Waals surface area contributed by atoms with Gasteiger partial charge in [0.25, 0.3) is 0 Å². The third kappa shape index (κ3) is 4.25. The van der Waals surface area contributed by atoms with Gasteiger partial charge in [-0.2, -0.15) is 5.10 Å². The van der Waals surface area contributed by atoms with Gasteiger partial charge < -0.3 is 15.1 Å². The minimum absolute atomic E-state index is 0.0276. The maximum Gasteiger partial charge on any atom is 0.313 e. The molecule has 0 spiro atoms. The summed E-state index contributed by atoms with van der Waals surface area (Å²) in [7, 11) is 0. The van der Waals surface area contributed by atoms with Gasteiger partial charge in [0.15, 0.2) is 11.6 Å². The van der Waals surface area contributed by atoms with Crippen LogP contribution in [0.2, 0.25) is 0 Å². The zero-order valence-corrected chi connectivity index (χ0v) is 15.2. The second-order valence-electron chi connectivity index (χ2n) is 6.20. The van der Waals surface area contributed by atoms with E-state index in [1.807, 2.05) is 19.9 Å². The van der Waals surface area contributed by atoms with Crippen molar-refractivity contribution in [1.82, 2.24) is 15.1 Å². The van der Waals surface area contributed by atoms with Crippen molar-refractivity contribution in [2.45, 2.75) is 19.9 Å². The Morgan fingerprint density at radius 2 is 1.93 bits per heavy atom. The predicted octanol–water partition coefficient (Wildman–Crippen LogP) is 2.72. The first-order chi connectivity index (χ1) is 13.3. The molecular formula is C19H18F2N4O3. The number of benzene rings is 1. The fourth-order valence-corrected chi connectivity index (χ4v) is 2.78. The highest BCUT2D eigenvalue weighted by atomic mass is 19.2. The van der Waals surface area contributed by atoms with E-state index < -0.39 is 29.5 Å². The smallest absolute Gasteiger partial charge is 0.313 e. The molecule has 2 N–H and O–H groups in total. The minimum Gasteiger partial charge on any atom is -0.467 e. The lowest BCUT2D eigenvalue weighted by Gasteiger charge is -2.18. The monoisotopic (exact) mass is 388 g/mol. The summed E-state index contributed by atoms with van der Waals surface area (Å²) in [6.07, 6.45) is 1.51. The maximum absolute atomic E-state index is 13.2. The number of hydrogen-bond donors (Lipinski definition) is 2. The van der Waals surface area contributed by atoms with Gasteiger partial charge in [-0.15, -0.1) is 0 Å². The summed E-state index contributed by atoms with van der Waals surface area (Å²) in [5.41, 5.74) is 1.64. The van der Waals surface area contributed by atoms with Gasteiger partial charge in [0.1, 0.15) is 11.8 Å². The molecular weight excluding hydrogens is 370 g/mol. The molecule has 28 heavy (non-hydrogen) atoms. The molecule has 1 aromatic carbocycles. The third-order valence-electron chi connectivity index (χ3n) is 4.05. The van der Waals surface area contributed by atoms with Crippen LogP contribution in [0.5, 0.6) is 0 Å². The Hall–Kier alpha value is -3.49. The molecule has 0 bridgehead atoms. The molecule has 1 atom stereocenters. The molecule has 9 heteroatoms. The molecule has 0 saturated heterocycles. The van der Waals surface area contributed by atoms with Gasteiger partial charge in [0.05, 0.1) is 12.0 Å². The van der Waals surface area contributed by atoms with Crippen LogP contribution in [0.4, 0.5) is 14.5 Å². The van der Waals surface area contributed by atoms with Crippen molar-refractivity contribution < 1.29 is 22.8 Å². The van der Waals surface area contributed by atoms with E-state index in [0.29, 0.717) is 5.76 Å². The first kappa shape index (κ1) is 19.3. The van der Waals surface area contributed by atoms with Gasteiger partial charge in [-0.3, -0.25) is 14.3 Å². The highest BCUT2D eigenvalue weighted by Crippen LogP contribution is 2.20. The van der Waals surface area contributed by atoms with Crippen LogP contribution in [0.25, 0.3) is 0 Å². The topological polar surface area (TPSA) is 89.2 Å². The Morgan fingerprint density at radius 3 is 2.54 bits per heavy atom. The molecule has 2 aromatic heterocycles. The number of carbonyl (C=O) groups is 2. The Balaban J connectivity index is 1.68. The van der Waals surface area contributed by atoms with Gasteiger partial charge in [0, 0.05) is 24.0 Å². The molecule has 0 fully saturated rings. The van der Waals surface area contributed by atoms with Crippen LogP contribution in [-0.2, 0) is 9.59 Å². The number of carbonyl (C=O) groups excluding carboxylic acids is 2. The van der Waals surface area contributed by atoms with Gasteiger partial charge in [-0.1, -0.05) is 0 Å². The normalized spacial score (nSPS) is 11.9. The molecule has 3 aromatic rings. The van der Waals surface area contributed by atoms with Crippen molar-refractivity contribution in [3.05, 3.63) is 71.4 Å². The van der Waals surface area contributed by atoms with E-state index in [1.54, 1.807) is 16.8 Å². The number of aromatic nitrogens is 2. The molecule has 0 saturated carbocycles. The van der Waals surface area contributed by atoms with E-state index in [2.05, 4.69) is 15.7 Å². The summed E-state index contributed by atoms with van der Waals surface area (Å²) in [5, 5.41) is 9.14. The first-order valence-corrected chi connectivity index (χ1v) is 8.45. The van der Waals surface area contributed by atoms with E-state index in [4.69, 9.17) is 4.42 Å². The van der Waals surface area contributed by atoms with Crippen molar-refractivity contribution in [3.8, 4) is 0 Å². The number of nitrogens with zero attached hydrogens (tertiary/aromatic N) is 2. The molecule has 2 amide bonds. The molecule has 146 valence electrons. The lowest BCUT2D eigenvalue weighted by atomic mass is 10.2. The highest BCUT2D eigenvalue weighted by Gasteiger charge is 2.22. The zero-order valence-electron chi connectivity index (χ0n) is 15.2. The maximum atomic E-state index is 13.2. The highest BCUT2D eigenvalue weighted by molar-refractivity contribution is 6.39. The quantitative estimate of drug-likeness (QED) is 0.658. The van der Waals surface area contributed by atoms with Crippen LogP contribution in [0, 0.1) is 25.5 Å². The number of hydrogen-bond acceptors (Lipinski definition) is 4. The van der Waals surface area contributed by atoms with Gasteiger partial charge >= 0.3 is 11.8 Å². The van der Waals surface area contributed by atoms with Crippen LogP contribution < -0.4 is 10.6 Å². The lowest BCUT2D eigenvalue weighted by molar-refractivity contribution is -0.136. The Labute approximate surface area is 159 Å². The van der Waals surface area contributed by atoms with Crippen LogP contribution in [0.1, 0.15) is 23.2 Å². The fourth-order valence-electron chi connectivity index (χ4n) is 2.78. The summed E-state index contributed by atoms with van der Waals surface area (Å²) < 4.78 is 33.3. The number of furan rings is 1. The average Bonchev–Trinajstić information content (AvgIpc) is 3.28. The molecule has 7 nitrogen and oxygen atoms in total. The van der Waals surface area contributed by atoms with E-state index in [-0.39, 0.29) is 12.2 Å². The van der Waals surface area contributed by atoms with E-state index in [0.717, 1.165) is 29.6 Å². The van der Waals surface area contributed by atoms with Crippen LogP contribution >= 0.6 is 0 Å². The molecule has 0 aliphatic heterocycles.